The van der Waals surface area contributed by atoms with Crippen LogP contribution < -0.4 is 10.2 Å². The van der Waals surface area contributed by atoms with E-state index < -0.39 is 29.8 Å². The van der Waals surface area contributed by atoms with E-state index in [4.69, 9.17) is 9.52 Å². The number of carboxylic acids is 1. The van der Waals surface area contributed by atoms with Crippen molar-refractivity contribution in [3.63, 3.8) is 0 Å². The lowest BCUT2D eigenvalue weighted by Gasteiger charge is -2.23. The molecule has 3 aromatic rings. The summed E-state index contributed by atoms with van der Waals surface area (Å²) in [7, 11) is 0. The number of carbonyl (C=O) groups is 2. The van der Waals surface area contributed by atoms with Crippen LogP contribution in [0.15, 0.2) is 71.4 Å². The maximum atomic E-state index is 14.8. The fourth-order valence-corrected chi connectivity index (χ4v) is 3.64. The van der Waals surface area contributed by atoms with Crippen molar-refractivity contribution in [1.29, 1.82) is 0 Å². The number of hydrogen-bond donors (Lipinski definition) is 2. The Hall–Kier alpha value is -3.94. The van der Waals surface area contributed by atoms with Gasteiger partial charge >= 0.3 is 5.97 Å². The Morgan fingerprint density at radius 3 is 2.50 bits per heavy atom. The first-order chi connectivity index (χ1) is 15.3. The second kappa shape index (κ2) is 8.30. The lowest BCUT2D eigenvalue weighted by atomic mass is 9.97. The van der Waals surface area contributed by atoms with Crippen LogP contribution in [0.5, 0.6) is 0 Å². The molecule has 0 saturated heterocycles. The van der Waals surface area contributed by atoms with Crippen molar-refractivity contribution in [2.45, 2.75) is 19.3 Å². The lowest BCUT2D eigenvalue weighted by molar-refractivity contribution is -0.131. The molecule has 0 saturated carbocycles. The number of nitrogens with one attached hydrogen (secondary N) is 1. The van der Waals surface area contributed by atoms with Gasteiger partial charge in [0.1, 0.15) is 0 Å². The SMILES string of the molecule is Cc1ccoc1Nc1ccc(C(=O)N2CCC(F)(F)/C(=C\C(=O)O)c3ccccc32)cc1. The molecule has 164 valence electrons. The highest BCUT2D eigenvalue weighted by molar-refractivity contribution is 6.08. The summed E-state index contributed by atoms with van der Waals surface area (Å²) < 4.78 is 34.9. The molecule has 32 heavy (non-hydrogen) atoms. The van der Waals surface area contributed by atoms with Gasteiger partial charge in [0.2, 0.25) is 0 Å². The van der Waals surface area contributed by atoms with Gasteiger partial charge in [-0.3, -0.25) is 4.79 Å². The van der Waals surface area contributed by atoms with Crippen molar-refractivity contribution in [1.82, 2.24) is 0 Å². The number of carbonyl (C=O) groups excluding carboxylic acids is 1. The molecule has 1 amide bonds. The lowest BCUT2D eigenvalue weighted by Crippen LogP contribution is -2.33. The normalized spacial score (nSPS) is 16.3. The summed E-state index contributed by atoms with van der Waals surface area (Å²) >= 11 is 0. The van der Waals surface area contributed by atoms with Gasteiger partial charge in [0.15, 0.2) is 5.88 Å². The van der Waals surface area contributed by atoms with E-state index in [0.29, 0.717) is 23.2 Å². The number of alkyl halides is 2. The van der Waals surface area contributed by atoms with Crippen molar-refractivity contribution in [2.75, 3.05) is 16.8 Å². The number of fused-ring (bicyclic) bond motifs is 1. The Bertz CT molecular complexity index is 1200. The van der Waals surface area contributed by atoms with Crippen molar-refractivity contribution in [3.8, 4) is 0 Å². The number of hydrogen-bond acceptors (Lipinski definition) is 4. The van der Waals surface area contributed by atoms with Crippen LogP contribution in [0.3, 0.4) is 0 Å². The van der Waals surface area contributed by atoms with E-state index in [9.17, 15) is 18.4 Å². The number of benzene rings is 2. The van der Waals surface area contributed by atoms with Crippen LogP contribution in [0.4, 0.5) is 26.0 Å². The summed E-state index contributed by atoms with van der Waals surface area (Å²) in [4.78, 5) is 25.7. The van der Waals surface area contributed by atoms with Crippen molar-refractivity contribution < 1.29 is 27.9 Å². The third-order valence-corrected chi connectivity index (χ3v) is 5.29. The Morgan fingerprint density at radius 1 is 1.12 bits per heavy atom. The number of aryl methyl sites for hydroxylation is 1. The molecule has 4 rings (SSSR count). The number of para-hydroxylation sites is 1. The van der Waals surface area contributed by atoms with Gasteiger partial charge in [-0.15, -0.1) is 0 Å². The summed E-state index contributed by atoms with van der Waals surface area (Å²) in [5, 5.41) is 12.2. The maximum absolute atomic E-state index is 14.8. The first-order valence-electron chi connectivity index (χ1n) is 9.91. The number of carboxylic acid groups (broad SMARTS) is 1. The summed E-state index contributed by atoms with van der Waals surface area (Å²) in [6, 6.07) is 14.5. The molecule has 0 bridgehead atoms. The zero-order valence-electron chi connectivity index (χ0n) is 17.1. The van der Waals surface area contributed by atoms with E-state index in [1.54, 1.807) is 42.7 Å². The summed E-state index contributed by atoms with van der Waals surface area (Å²) in [5.41, 5.74) is 1.61. The molecular weight excluding hydrogens is 418 g/mol. The Kier molecular flexibility index (Phi) is 5.52. The molecule has 0 fully saturated rings. The van der Waals surface area contributed by atoms with Crippen molar-refractivity contribution >= 4 is 34.7 Å². The topological polar surface area (TPSA) is 82.8 Å². The fourth-order valence-electron chi connectivity index (χ4n) is 3.64. The summed E-state index contributed by atoms with van der Waals surface area (Å²) in [6.45, 7) is 1.63. The van der Waals surface area contributed by atoms with E-state index in [1.165, 1.54) is 17.0 Å². The number of anilines is 3. The Labute approximate surface area is 182 Å². The predicted octanol–water partition coefficient (Wildman–Crippen LogP) is 5.49. The summed E-state index contributed by atoms with van der Waals surface area (Å²) in [6.07, 6.45) is 1.39. The minimum Gasteiger partial charge on any atom is -0.478 e. The van der Waals surface area contributed by atoms with Crippen molar-refractivity contribution in [2.24, 2.45) is 0 Å². The molecule has 8 heteroatoms. The molecule has 1 aliphatic rings. The number of allylic oxidation sites excluding steroid dienone is 1. The van der Waals surface area contributed by atoms with Gasteiger partial charge in [-0.1, -0.05) is 18.2 Å². The molecule has 1 aromatic heterocycles. The molecular formula is C24H20F2N2O4. The van der Waals surface area contributed by atoms with Gasteiger partial charge in [0, 0.05) is 47.0 Å². The monoisotopic (exact) mass is 438 g/mol. The van der Waals surface area contributed by atoms with Crippen LogP contribution in [0.25, 0.3) is 5.57 Å². The molecule has 0 radical (unpaired) electrons. The molecule has 2 aromatic carbocycles. The molecule has 0 unspecified atom stereocenters. The van der Waals surface area contributed by atoms with Crippen LogP contribution in [-0.4, -0.2) is 29.5 Å². The van der Waals surface area contributed by atoms with Crippen LogP contribution in [0, 0.1) is 6.92 Å². The largest absolute Gasteiger partial charge is 0.478 e. The number of aliphatic carboxylic acids is 1. The molecule has 1 aliphatic heterocycles. The summed E-state index contributed by atoms with van der Waals surface area (Å²) in [5.74, 6) is -4.72. The van der Waals surface area contributed by atoms with Gasteiger partial charge in [0.25, 0.3) is 11.8 Å². The zero-order chi connectivity index (χ0) is 22.9. The van der Waals surface area contributed by atoms with Crippen LogP contribution in [-0.2, 0) is 4.79 Å². The highest BCUT2D eigenvalue weighted by Crippen LogP contribution is 2.43. The second-order valence-corrected chi connectivity index (χ2v) is 7.46. The fraction of sp³-hybridized carbons (Fsp3) is 0.167. The number of nitrogens with zero attached hydrogens (tertiary/aromatic N) is 1. The molecule has 2 heterocycles. The third kappa shape index (κ3) is 4.12. The highest BCUT2D eigenvalue weighted by atomic mass is 19.3. The molecule has 0 spiro atoms. The third-order valence-electron chi connectivity index (χ3n) is 5.29. The van der Waals surface area contributed by atoms with E-state index >= 15 is 0 Å². The van der Waals surface area contributed by atoms with Crippen LogP contribution >= 0.6 is 0 Å². The smallest absolute Gasteiger partial charge is 0.328 e. The van der Waals surface area contributed by atoms with Crippen LogP contribution in [0.2, 0.25) is 0 Å². The van der Waals surface area contributed by atoms with Crippen molar-refractivity contribution in [3.05, 3.63) is 83.6 Å². The van der Waals surface area contributed by atoms with Gasteiger partial charge < -0.3 is 19.7 Å². The Balaban J connectivity index is 1.66. The molecule has 0 aliphatic carbocycles. The number of amides is 1. The minimum absolute atomic E-state index is 0.0253. The predicted molar refractivity (Wildman–Crippen MR) is 116 cm³/mol. The molecule has 0 atom stereocenters. The van der Waals surface area contributed by atoms with Gasteiger partial charge in [-0.2, -0.15) is 0 Å². The van der Waals surface area contributed by atoms with E-state index in [-0.39, 0.29) is 17.8 Å². The number of furan rings is 1. The van der Waals surface area contributed by atoms with E-state index in [1.807, 2.05) is 13.0 Å². The van der Waals surface area contributed by atoms with Gasteiger partial charge in [0.05, 0.1) is 12.0 Å². The van der Waals surface area contributed by atoms with E-state index in [0.717, 1.165) is 5.56 Å². The van der Waals surface area contributed by atoms with Gasteiger partial charge in [-0.05, 0) is 43.3 Å². The molecule has 6 nitrogen and oxygen atoms in total. The number of rotatable bonds is 4. The highest BCUT2D eigenvalue weighted by Gasteiger charge is 2.41. The average molecular weight is 438 g/mol. The minimum atomic E-state index is -3.39. The number of halogens is 2. The average Bonchev–Trinajstić information content (AvgIpc) is 3.12. The van der Waals surface area contributed by atoms with Gasteiger partial charge in [-0.25, -0.2) is 13.6 Å². The second-order valence-electron chi connectivity index (χ2n) is 7.46. The van der Waals surface area contributed by atoms with E-state index in [2.05, 4.69) is 5.32 Å². The zero-order valence-corrected chi connectivity index (χ0v) is 17.1. The maximum Gasteiger partial charge on any atom is 0.328 e. The Morgan fingerprint density at radius 2 is 1.84 bits per heavy atom. The quantitative estimate of drug-likeness (QED) is 0.527. The van der Waals surface area contributed by atoms with Crippen LogP contribution in [0.1, 0.15) is 27.9 Å². The first-order valence-corrected chi connectivity index (χ1v) is 9.91. The molecule has 2 N–H and O–H groups in total. The standard InChI is InChI=1S/C24H20F2N2O4/c1-15-10-13-32-22(15)27-17-8-6-16(7-9-17)23(31)28-12-11-24(25,26)19(14-21(29)30)18-4-2-3-5-20(18)28/h2-10,13-14,27H,11-12H2,1H3,(H,29,30)/b19-14-. The first kappa shape index (κ1) is 21.3.